The van der Waals surface area contributed by atoms with Crippen molar-refractivity contribution in [3.63, 3.8) is 0 Å². The number of halogens is 1. The van der Waals surface area contributed by atoms with Crippen LogP contribution in [0.4, 0.5) is 0 Å². The average Bonchev–Trinajstić information content (AvgIpc) is 2.75. The summed E-state index contributed by atoms with van der Waals surface area (Å²) in [4.78, 5) is 15.3. The molecule has 1 aliphatic rings. The highest BCUT2D eigenvalue weighted by Crippen LogP contribution is 2.24. The van der Waals surface area contributed by atoms with Crippen LogP contribution < -0.4 is 5.32 Å². The van der Waals surface area contributed by atoms with Gasteiger partial charge in [-0.3, -0.25) is 9.69 Å². The van der Waals surface area contributed by atoms with Crippen molar-refractivity contribution >= 4 is 27.3 Å². The second kappa shape index (κ2) is 10.4. The second-order valence-electron chi connectivity index (χ2n) is 7.24. The predicted octanol–water partition coefficient (Wildman–Crippen LogP) is 3.33. The van der Waals surface area contributed by atoms with Gasteiger partial charge in [-0.2, -0.15) is 0 Å². The second-order valence-corrected chi connectivity index (χ2v) is 9.75. The molecule has 0 bridgehead atoms. The number of hydrogen-bond acceptors (Lipinski definition) is 5. The van der Waals surface area contributed by atoms with E-state index in [1.165, 1.54) is 6.07 Å². The Hall–Kier alpha value is -1.93. The number of nitrogens with one attached hydrogen (secondary N) is 1. The van der Waals surface area contributed by atoms with E-state index in [2.05, 4.69) is 10.2 Å². The van der Waals surface area contributed by atoms with E-state index in [0.717, 1.165) is 18.7 Å². The molecule has 1 heterocycles. The Bertz CT molecular complexity index is 957. The van der Waals surface area contributed by atoms with Crippen LogP contribution in [0.15, 0.2) is 53.4 Å². The van der Waals surface area contributed by atoms with Crippen LogP contribution in [0.5, 0.6) is 0 Å². The molecule has 6 nitrogen and oxygen atoms in total. The van der Waals surface area contributed by atoms with Gasteiger partial charge in [0.05, 0.1) is 35.5 Å². The van der Waals surface area contributed by atoms with Crippen molar-refractivity contribution in [2.75, 3.05) is 38.6 Å². The van der Waals surface area contributed by atoms with Crippen LogP contribution in [0.25, 0.3) is 0 Å². The molecule has 0 spiro atoms. The Morgan fingerprint density at radius 3 is 2.47 bits per heavy atom. The minimum atomic E-state index is -3.50. The van der Waals surface area contributed by atoms with Crippen LogP contribution in [0.3, 0.4) is 0 Å². The Morgan fingerprint density at radius 2 is 1.80 bits per heavy atom. The number of ether oxygens (including phenoxy) is 1. The van der Waals surface area contributed by atoms with Crippen LogP contribution in [0, 0.1) is 0 Å². The first-order chi connectivity index (χ1) is 14.4. The van der Waals surface area contributed by atoms with Crippen molar-refractivity contribution in [1.29, 1.82) is 0 Å². The zero-order chi connectivity index (χ0) is 21.6. The van der Waals surface area contributed by atoms with Gasteiger partial charge in [-0.25, -0.2) is 8.42 Å². The zero-order valence-corrected chi connectivity index (χ0v) is 18.6. The summed E-state index contributed by atoms with van der Waals surface area (Å²) in [6.07, 6.45) is 0.494. The first-order valence-electron chi connectivity index (χ1n) is 10.1. The van der Waals surface area contributed by atoms with Gasteiger partial charge in [-0.05, 0) is 36.2 Å². The monoisotopic (exact) mass is 450 g/mol. The maximum atomic E-state index is 12.9. The summed E-state index contributed by atoms with van der Waals surface area (Å²) >= 11 is 6.04. The molecule has 1 saturated heterocycles. The van der Waals surface area contributed by atoms with Crippen molar-refractivity contribution in [2.45, 2.75) is 24.3 Å². The molecule has 1 amide bonds. The number of hydrogen-bond donors (Lipinski definition) is 1. The molecular formula is C22H27ClN2O4S. The molecule has 1 fully saturated rings. The van der Waals surface area contributed by atoms with Crippen molar-refractivity contribution < 1.29 is 17.9 Å². The van der Waals surface area contributed by atoms with E-state index in [1.807, 2.05) is 24.3 Å². The van der Waals surface area contributed by atoms with Gasteiger partial charge in [0.15, 0.2) is 9.84 Å². The summed E-state index contributed by atoms with van der Waals surface area (Å²) in [7, 11) is -3.50. The quantitative estimate of drug-likeness (QED) is 0.667. The fraction of sp³-hybridized carbons (Fsp3) is 0.409. The van der Waals surface area contributed by atoms with Crippen LogP contribution >= 0.6 is 11.6 Å². The molecular weight excluding hydrogens is 424 g/mol. The number of nitrogens with zero attached hydrogens (tertiary/aromatic N) is 1. The van der Waals surface area contributed by atoms with Gasteiger partial charge in [-0.1, -0.05) is 42.8 Å². The first-order valence-corrected chi connectivity index (χ1v) is 12.1. The smallest absolute Gasteiger partial charge is 0.252 e. The van der Waals surface area contributed by atoms with Crippen molar-refractivity contribution in [2.24, 2.45) is 0 Å². The van der Waals surface area contributed by atoms with Crippen LogP contribution in [0.2, 0.25) is 5.02 Å². The molecule has 0 aliphatic carbocycles. The standard InChI is InChI=1S/C22H27ClN2O4S/c1-2-15-30(27,28)21-6-4-3-5-19(21)22(26)24-16-20(25-11-13-29-14-12-25)17-7-9-18(23)10-8-17/h3-10,20H,2,11-16H2,1H3,(H,24,26). The van der Waals surface area contributed by atoms with E-state index in [4.69, 9.17) is 16.3 Å². The van der Waals surface area contributed by atoms with E-state index in [9.17, 15) is 13.2 Å². The summed E-state index contributed by atoms with van der Waals surface area (Å²) in [5.74, 6) is -0.379. The number of carbonyl (C=O) groups is 1. The minimum Gasteiger partial charge on any atom is -0.379 e. The summed E-state index contributed by atoms with van der Waals surface area (Å²) in [5, 5.41) is 3.60. The van der Waals surface area contributed by atoms with Crippen LogP contribution in [-0.4, -0.2) is 57.8 Å². The molecule has 162 valence electrons. The van der Waals surface area contributed by atoms with Gasteiger partial charge >= 0.3 is 0 Å². The lowest BCUT2D eigenvalue weighted by Crippen LogP contribution is -2.44. The molecule has 1 unspecified atom stereocenters. The molecule has 0 saturated carbocycles. The summed E-state index contributed by atoms with van der Waals surface area (Å²) in [5.41, 5.74) is 1.22. The number of amides is 1. The van der Waals surface area contributed by atoms with Gasteiger partial charge in [0.2, 0.25) is 0 Å². The molecule has 0 radical (unpaired) electrons. The SMILES string of the molecule is CCCS(=O)(=O)c1ccccc1C(=O)NCC(c1ccc(Cl)cc1)N1CCOCC1. The average molecular weight is 451 g/mol. The molecule has 2 aromatic rings. The van der Waals surface area contributed by atoms with Gasteiger partial charge < -0.3 is 10.1 Å². The molecule has 3 rings (SSSR count). The lowest BCUT2D eigenvalue weighted by atomic mass is 10.0. The highest BCUT2D eigenvalue weighted by atomic mass is 35.5. The largest absolute Gasteiger partial charge is 0.379 e. The van der Waals surface area contributed by atoms with Gasteiger partial charge in [-0.15, -0.1) is 0 Å². The number of rotatable bonds is 8. The minimum absolute atomic E-state index is 0.0124. The highest BCUT2D eigenvalue weighted by molar-refractivity contribution is 7.91. The lowest BCUT2D eigenvalue weighted by Gasteiger charge is -2.35. The topological polar surface area (TPSA) is 75.7 Å². The van der Waals surface area contributed by atoms with Crippen molar-refractivity contribution in [3.05, 3.63) is 64.7 Å². The zero-order valence-electron chi connectivity index (χ0n) is 17.0. The molecule has 2 aromatic carbocycles. The maximum absolute atomic E-state index is 12.9. The molecule has 30 heavy (non-hydrogen) atoms. The predicted molar refractivity (Wildman–Crippen MR) is 118 cm³/mol. The van der Waals surface area contributed by atoms with Crippen molar-refractivity contribution in [3.8, 4) is 0 Å². The Labute approximate surface area is 183 Å². The molecule has 8 heteroatoms. The van der Waals surface area contributed by atoms with Gasteiger partial charge in [0.1, 0.15) is 0 Å². The Balaban J connectivity index is 1.80. The van der Waals surface area contributed by atoms with E-state index in [0.29, 0.717) is 31.2 Å². The number of morpholine rings is 1. The molecule has 1 aliphatic heterocycles. The normalized spacial score (nSPS) is 16.2. The fourth-order valence-corrected chi connectivity index (χ4v) is 5.29. The van der Waals surface area contributed by atoms with E-state index < -0.39 is 15.7 Å². The van der Waals surface area contributed by atoms with E-state index in [-0.39, 0.29) is 22.3 Å². The van der Waals surface area contributed by atoms with Crippen molar-refractivity contribution in [1.82, 2.24) is 10.2 Å². The van der Waals surface area contributed by atoms with E-state index >= 15 is 0 Å². The summed E-state index contributed by atoms with van der Waals surface area (Å²) < 4.78 is 30.6. The van der Waals surface area contributed by atoms with Crippen LogP contribution in [-0.2, 0) is 14.6 Å². The molecule has 1 atom stereocenters. The summed E-state index contributed by atoms with van der Waals surface area (Å²) in [6.45, 7) is 4.93. The third-order valence-electron chi connectivity index (χ3n) is 5.14. The van der Waals surface area contributed by atoms with Gasteiger partial charge in [0.25, 0.3) is 5.91 Å². The number of sulfone groups is 1. The Kier molecular flexibility index (Phi) is 7.88. The lowest BCUT2D eigenvalue weighted by molar-refractivity contribution is 0.0162. The number of benzene rings is 2. The first kappa shape index (κ1) is 22.7. The summed E-state index contributed by atoms with van der Waals surface area (Å²) in [6, 6.07) is 13.9. The highest BCUT2D eigenvalue weighted by Gasteiger charge is 2.25. The number of carbonyl (C=O) groups excluding carboxylic acids is 1. The van der Waals surface area contributed by atoms with Gasteiger partial charge in [0, 0.05) is 24.7 Å². The third kappa shape index (κ3) is 5.60. The van der Waals surface area contributed by atoms with Crippen LogP contribution in [0.1, 0.15) is 35.3 Å². The molecule has 1 N–H and O–H groups in total. The molecule has 0 aromatic heterocycles. The fourth-order valence-electron chi connectivity index (χ4n) is 3.62. The Morgan fingerprint density at radius 1 is 1.13 bits per heavy atom. The van der Waals surface area contributed by atoms with E-state index in [1.54, 1.807) is 25.1 Å². The maximum Gasteiger partial charge on any atom is 0.252 e. The third-order valence-corrected chi connectivity index (χ3v) is 7.36.